The van der Waals surface area contributed by atoms with Crippen LogP contribution in [0, 0.1) is 11.3 Å². The second-order valence-corrected chi connectivity index (χ2v) is 5.26. The lowest BCUT2D eigenvalue weighted by Gasteiger charge is -2.55. The first kappa shape index (κ1) is 12.0. The Hall–Kier alpha value is -0.120. The van der Waals surface area contributed by atoms with Crippen molar-refractivity contribution in [3.05, 3.63) is 0 Å². The Bertz CT molecular complexity index is 211. The molecule has 0 aromatic rings. The van der Waals surface area contributed by atoms with Gasteiger partial charge in [0, 0.05) is 12.0 Å². The SMILES string of the molecule is CC(O)N1CCC(C)C(C)(C)C1(C)O. The maximum absolute atomic E-state index is 10.5. The number of hydrogen-bond acceptors (Lipinski definition) is 3. The van der Waals surface area contributed by atoms with Crippen LogP contribution in [0.5, 0.6) is 0 Å². The first-order chi connectivity index (χ1) is 6.21. The predicted molar refractivity (Wildman–Crippen MR) is 56.6 cm³/mol. The van der Waals surface area contributed by atoms with E-state index in [1.165, 1.54) is 0 Å². The molecule has 3 unspecified atom stereocenters. The molecule has 3 heteroatoms. The van der Waals surface area contributed by atoms with Crippen molar-refractivity contribution in [3.8, 4) is 0 Å². The summed E-state index contributed by atoms with van der Waals surface area (Å²) in [4.78, 5) is 1.77. The van der Waals surface area contributed by atoms with Crippen molar-refractivity contribution in [2.75, 3.05) is 6.54 Å². The first-order valence-electron chi connectivity index (χ1n) is 5.38. The van der Waals surface area contributed by atoms with Crippen molar-refractivity contribution in [1.82, 2.24) is 4.90 Å². The van der Waals surface area contributed by atoms with E-state index in [9.17, 15) is 10.2 Å². The Labute approximate surface area is 86.7 Å². The van der Waals surface area contributed by atoms with Gasteiger partial charge in [-0.05, 0) is 26.2 Å². The van der Waals surface area contributed by atoms with E-state index in [4.69, 9.17) is 0 Å². The van der Waals surface area contributed by atoms with E-state index >= 15 is 0 Å². The number of piperidine rings is 1. The first-order valence-corrected chi connectivity index (χ1v) is 5.38. The van der Waals surface area contributed by atoms with Gasteiger partial charge < -0.3 is 10.2 Å². The van der Waals surface area contributed by atoms with Crippen LogP contribution in [0.2, 0.25) is 0 Å². The molecule has 0 spiro atoms. The van der Waals surface area contributed by atoms with E-state index in [0.717, 1.165) is 13.0 Å². The van der Waals surface area contributed by atoms with E-state index in [1.807, 2.05) is 0 Å². The lowest BCUT2D eigenvalue weighted by atomic mass is 9.67. The quantitative estimate of drug-likeness (QED) is 0.674. The van der Waals surface area contributed by atoms with Crippen molar-refractivity contribution >= 4 is 0 Å². The molecule has 3 atom stereocenters. The van der Waals surface area contributed by atoms with Gasteiger partial charge in [-0.25, -0.2) is 0 Å². The highest BCUT2D eigenvalue weighted by atomic mass is 16.3. The molecule has 0 aliphatic carbocycles. The van der Waals surface area contributed by atoms with Crippen molar-refractivity contribution in [3.63, 3.8) is 0 Å². The van der Waals surface area contributed by atoms with Crippen LogP contribution in [-0.4, -0.2) is 33.6 Å². The number of nitrogens with zero attached hydrogens (tertiary/aromatic N) is 1. The summed E-state index contributed by atoms with van der Waals surface area (Å²) in [6, 6.07) is 0. The lowest BCUT2D eigenvalue weighted by molar-refractivity contribution is -0.251. The van der Waals surface area contributed by atoms with Gasteiger partial charge in [-0.2, -0.15) is 0 Å². The van der Waals surface area contributed by atoms with Crippen LogP contribution in [0.25, 0.3) is 0 Å². The molecule has 1 saturated heterocycles. The Morgan fingerprint density at radius 3 is 2.29 bits per heavy atom. The van der Waals surface area contributed by atoms with Crippen molar-refractivity contribution in [2.45, 2.75) is 53.0 Å². The van der Waals surface area contributed by atoms with Crippen LogP contribution in [-0.2, 0) is 0 Å². The molecule has 1 aliphatic rings. The molecule has 1 fully saturated rings. The molecular weight excluding hydrogens is 178 g/mol. The lowest BCUT2D eigenvalue weighted by Crippen LogP contribution is -2.64. The Morgan fingerprint density at radius 2 is 1.86 bits per heavy atom. The van der Waals surface area contributed by atoms with E-state index in [-0.39, 0.29) is 5.41 Å². The molecule has 84 valence electrons. The fourth-order valence-electron chi connectivity index (χ4n) is 2.30. The monoisotopic (exact) mass is 201 g/mol. The fourth-order valence-corrected chi connectivity index (χ4v) is 2.30. The highest BCUT2D eigenvalue weighted by Crippen LogP contribution is 2.46. The Balaban J connectivity index is 2.97. The average molecular weight is 201 g/mol. The van der Waals surface area contributed by atoms with E-state index < -0.39 is 12.0 Å². The van der Waals surface area contributed by atoms with Gasteiger partial charge in [-0.15, -0.1) is 0 Å². The van der Waals surface area contributed by atoms with E-state index in [1.54, 1.807) is 18.7 Å². The maximum atomic E-state index is 10.5. The molecule has 14 heavy (non-hydrogen) atoms. The summed E-state index contributed by atoms with van der Waals surface area (Å²) in [5.74, 6) is 0.465. The molecule has 1 heterocycles. The third-order valence-electron chi connectivity index (χ3n) is 4.27. The van der Waals surface area contributed by atoms with Gasteiger partial charge in [0.25, 0.3) is 0 Å². The zero-order chi connectivity index (χ0) is 11.1. The van der Waals surface area contributed by atoms with Gasteiger partial charge in [-0.1, -0.05) is 20.8 Å². The molecule has 0 aromatic carbocycles. The van der Waals surface area contributed by atoms with Crippen LogP contribution in [0.15, 0.2) is 0 Å². The normalized spacial score (nSPS) is 40.9. The maximum Gasteiger partial charge on any atom is 0.123 e. The molecule has 0 amide bonds. The summed E-state index contributed by atoms with van der Waals surface area (Å²) in [5, 5.41) is 20.1. The summed E-state index contributed by atoms with van der Waals surface area (Å²) >= 11 is 0. The van der Waals surface area contributed by atoms with Crippen molar-refractivity contribution in [2.24, 2.45) is 11.3 Å². The van der Waals surface area contributed by atoms with Crippen molar-refractivity contribution in [1.29, 1.82) is 0 Å². The summed E-state index contributed by atoms with van der Waals surface area (Å²) in [7, 11) is 0. The van der Waals surface area contributed by atoms with Crippen LogP contribution in [0.1, 0.15) is 41.0 Å². The van der Waals surface area contributed by atoms with Crippen molar-refractivity contribution < 1.29 is 10.2 Å². The van der Waals surface area contributed by atoms with Gasteiger partial charge in [0.05, 0.1) is 0 Å². The zero-order valence-corrected chi connectivity index (χ0v) is 9.91. The largest absolute Gasteiger partial charge is 0.379 e. The predicted octanol–water partition coefficient (Wildman–Crippen LogP) is 1.40. The molecule has 0 saturated carbocycles. The molecule has 0 bridgehead atoms. The molecule has 1 rings (SSSR count). The molecule has 3 nitrogen and oxygen atoms in total. The standard InChI is InChI=1S/C11H23NO2/c1-8-6-7-12(9(2)13)11(5,14)10(8,3)4/h8-9,13-14H,6-7H2,1-5H3. The smallest absolute Gasteiger partial charge is 0.123 e. The van der Waals surface area contributed by atoms with Gasteiger partial charge in [0.2, 0.25) is 0 Å². The molecule has 0 aromatic heterocycles. The Morgan fingerprint density at radius 1 is 1.36 bits per heavy atom. The van der Waals surface area contributed by atoms with E-state index in [2.05, 4.69) is 20.8 Å². The van der Waals surface area contributed by atoms with Crippen LogP contribution < -0.4 is 0 Å². The number of aliphatic hydroxyl groups excluding tert-OH is 1. The molecule has 1 aliphatic heterocycles. The highest BCUT2D eigenvalue weighted by Gasteiger charge is 2.51. The second kappa shape index (κ2) is 3.47. The minimum Gasteiger partial charge on any atom is -0.379 e. The number of likely N-dealkylation sites (tertiary alicyclic amines) is 1. The number of hydrogen-bond donors (Lipinski definition) is 2. The van der Waals surface area contributed by atoms with Crippen LogP contribution in [0.3, 0.4) is 0 Å². The molecular formula is C11H23NO2. The summed E-state index contributed by atoms with van der Waals surface area (Å²) in [5.41, 5.74) is -1.12. The third-order valence-corrected chi connectivity index (χ3v) is 4.27. The van der Waals surface area contributed by atoms with Gasteiger partial charge in [-0.3, -0.25) is 4.90 Å². The summed E-state index contributed by atoms with van der Waals surface area (Å²) in [6.07, 6.45) is 0.436. The van der Waals surface area contributed by atoms with Gasteiger partial charge >= 0.3 is 0 Å². The summed E-state index contributed by atoms with van der Waals surface area (Å²) < 4.78 is 0. The van der Waals surface area contributed by atoms with Gasteiger partial charge in [0.1, 0.15) is 12.0 Å². The molecule has 0 radical (unpaired) electrons. The fraction of sp³-hybridized carbons (Fsp3) is 1.00. The Kier molecular flexibility index (Phi) is 2.96. The van der Waals surface area contributed by atoms with Crippen LogP contribution in [0.4, 0.5) is 0 Å². The second-order valence-electron chi connectivity index (χ2n) is 5.26. The zero-order valence-electron chi connectivity index (χ0n) is 9.91. The number of aliphatic hydroxyl groups is 2. The minimum absolute atomic E-state index is 0.192. The molecule has 2 N–H and O–H groups in total. The number of rotatable bonds is 1. The highest BCUT2D eigenvalue weighted by molar-refractivity contribution is 4.97. The van der Waals surface area contributed by atoms with Gasteiger partial charge in [0.15, 0.2) is 0 Å². The minimum atomic E-state index is -0.932. The topological polar surface area (TPSA) is 43.7 Å². The third kappa shape index (κ3) is 1.58. The summed E-state index contributed by atoms with van der Waals surface area (Å²) in [6.45, 7) is 10.6. The van der Waals surface area contributed by atoms with E-state index in [0.29, 0.717) is 5.92 Å². The average Bonchev–Trinajstić information content (AvgIpc) is 2.00. The van der Waals surface area contributed by atoms with Crippen LogP contribution >= 0.6 is 0 Å².